The molecular weight excluding hydrogens is 382 g/mol. The van der Waals surface area contributed by atoms with Gasteiger partial charge in [-0.25, -0.2) is 0 Å². The number of nitrogens with one attached hydrogen (secondary N) is 1. The van der Waals surface area contributed by atoms with Gasteiger partial charge in [0.1, 0.15) is 0 Å². The van der Waals surface area contributed by atoms with Crippen molar-refractivity contribution in [3.8, 4) is 0 Å². The van der Waals surface area contributed by atoms with Crippen LogP contribution in [-0.4, -0.2) is 18.6 Å². The Hall–Kier alpha value is -2.65. The van der Waals surface area contributed by atoms with Crippen molar-refractivity contribution in [2.75, 3.05) is 6.61 Å². The van der Waals surface area contributed by atoms with E-state index in [0.717, 1.165) is 12.8 Å². The average Bonchev–Trinajstić information content (AvgIpc) is 3.26. The number of esters is 1. The van der Waals surface area contributed by atoms with Crippen LogP contribution in [0.4, 0.5) is 0 Å². The van der Waals surface area contributed by atoms with Crippen LogP contribution in [0, 0.1) is 0 Å². The van der Waals surface area contributed by atoms with E-state index < -0.39 is 0 Å². The molecule has 2 unspecified atom stereocenters. The van der Waals surface area contributed by atoms with Crippen molar-refractivity contribution in [1.29, 1.82) is 0 Å². The number of carbonyl (C=O) groups is 1. The van der Waals surface area contributed by atoms with Gasteiger partial charge in [-0.1, -0.05) is 66.7 Å². The first-order chi connectivity index (χ1) is 15.1. The van der Waals surface area contributed by atoms with Crippen molar-refractivity contribution < 1.29 is 9.53 Å². The van der Waals surface area contributed by atoms with Gasteiger partial charge in [-0.3, -0.25) is 4.79 Å². The molecule has 1 aliphatic carbocycles. The van der Waals surface area contributed by atoms with Crippen LogP contribution in [0.2, 0.25) is 0 Å². The van der Waals surface area contributed by atoms with Crippen LogP contribution in [0.3, 0.4) is 0 Å². The molecule has 162 valence electrons. The summed E-state index contributed by atoms with van der Waals surface area (Å²) in [5.74, 6) is 0.472. The minimum Gasteiger partial charge on any atom is -0.466 e. The molecule has 0 spiro atoms. The molecule has 3 heteroatoms. The van der Waals surface area contributed by atoms with Crippen molar-refractivity contribution in [2.45, 2.75) is 64.0 Å². The van der Waals surface area contributed by atoms with E-state index in [1.54, 1.807) is 0 Å². The molecule has 0 aliphatic heterocycles. The summed E-state index contributed by atoms with van der Waals surface area (Å²) in [4.78, 5) is 11.7. The van der Waals surface area contributed by atoms with Gasteiger partial charge in [0.2, 0.25) is 0 Å². The molecule has 1 fully saturated rings. The number of hydrogen-bond donors (Lipinski definition) is 1. The van der Waals surface area contributed by atoms with Gasteiger partial charge in [0.25, 0.3) is 0 Å². The van der Waals surface area contributed by atoms with Crippen LogP contribution in [0.1, 0.15) is 68.2 Å². The molecule has 3 atom stereocenters. The van der Waals surface area contributed by atoms with Gasteiger partial charge in [-0.05, 0) is 72.9 Å². The summed E-state index contributed by atoms with van der Waals surface area (Å²) in [6.07, 6.45) is 4.78. The quantitative estimate of drug-likeness (QED) is 0.437. The second-order valence-corrected chi connectivity index (χ2v) is 8.71. The third-order valence-corrected chi connectivity index (χ3v) is 6.55. The lowest BCUT2D eigenvalue weighted by molar-refractivity contribution is -0.143. The van der Waals surface area contributed by atoms with E-state index in [9.17, 15) is 4.79 Å². The Bertz CT molecular complexity index is 1020. The highest BCUT2D eigenvalue weighted by Gasteiger charge is 2.27. The minimum atomic E-state index is -0.111. The molecule has 0 aromatic heterocycles. The Morgan fingerprint density at radius 2 is 1.87 bits per heavy atom. The lowest BCUT2D eigenvalue weighted by Gasteiger charge is -2.22. The number of aryl methyl sites for hydroxylation is 1. The van der Waals surface area contributed by atoms with Crippen LogP contribution >= 0.6 is 0 Å². The highest BCUT2D eigenvalue weighted by Crippen LogP contribution is 2.36. The Balaban J connectivity index is 1.37. The molecule has 4 rings (SSSR count). The van der Waals surface area contributed by atoms with Crippen molar-refractivity contribution in [2.24, 2.45) is 0 Å². The SMILES string of the molecule is CCOC(=O)CCc1cccc(C2CC[C@@H](NC(C)c3cccc4ccccc34)C2)c1. The Morgan fingerprint density at radius 1 is 1.06 bits per heavy atom. The van der Waals surface area contributed by atoms with E-state index in [-0.39, 0.29) is 5.97 Å². The summed E-state index contributed by atoms with van der Waals surface area (Å²) in [5, 5.41) is 6.54. The van der Waals surface area contributed by atoms with Gasteiger partial charge in [-0.15, -0.1) is 0 Å². The van der Waals surface area contributed by atoms with E-state index in [0.29, 0.717) is 31.0 Å². The second kappa shape index (κ2) is 10.1. The maximum atomic E-state index is 11.7. The minimum absolute atomic E-state index is 0.111. The smallest absolute Gasteiger partial charge is 0.306 e. The summed E-state index contributed by atoms with van der Waals surface area (Å²) >= 11 is 0. The maximum absolute atomic E-state index is 11.7. The zero-order chi connectivity index (χ0) is 21.6. The second-order valence-electron chi connectivity index (χ2n) is 8.71. The first kappa shape index (κ1) is 21.6. The molecule has 0 heterocycles. The molecular formula is C28H33NO2. The van der Waals surface area contributed by atoms with Gasteiger partial charge in [0.15, 0.2) is 0 Å². The Kier molecular flexibility index (Phi) is 7.03. The van der Waals surface area contributed by atoms with E-state index in [2.05, 4.69) is 79.0 Å². The van der Waals surface area contributed by atoms with Crippen molar-refractivity contribution in [3.63, 3.8) is 0 Å². The lowest BCUT2D eigenvalue weighted by Crippen LogP contribution is -2.29. The third-order valence-electron chi connectivity index (χ3n) is 6.55. The van der Waals surface area contributed by atoms with Gasteiger partial charge in [-0.2, -0.15) is 0 Å². The molecule has 3 nitrogen and oxygen atoms in total. The number of ether oxygens (including phenoxy) is 1. The zero-order valence-electron chi connectivity index (χ0n) is 18.6. The summed E-state index contributed by atoms with van der Waals surface area (Å²) in [6.45, 7) is 4.59. The molecule has 1 saturated carbocycles. The number of carbonyl (C=O) groups excluding carboxylic acids is 1. The highest BCUT2D eigenvalue weighted by molar-refractivity contribution is 5.86. The zero-order valence-corrected chi connectivity index (χ0v) is 18.6. The van der Waals surface area contributed by atoms with E-state index in [1.807, 2.05) is 6.92 Å². The van der Waals surface area contributed by atoms with Crippen LogP contribution in [0.5, 0.6) is 0 Å². The van der Waals surface area contributed by atoms with E-state index >= 15 is 0 Å². The fourth-order valence-electron chi connectivity index (χ4n) is 4.99. The Morgan fingerprint density at radius 3 is 2.74 bits per heavy atom. The lowest BCUT2D eigenvalue weighted by atomic mass is 9.94. The van der Waals surface area contributed by atoms with Gasteiger partial charge in [0, 0.05) is 18.5 Å². The monoisotopic (exact) mass is 415 g/mol. The largest absolute Gasteiger partial charge is 0.466 e. The number of fused-ring (bicyclic) bond motifs is 1. The molecule has 31 heavy (non-hydrogen) atoms. The van der Waals surface area contributed by atoms with Gasteiger partial charge >= 0.3 is 5.97 Å². The molecule has 0 radical (unpaired) electrons. The molecule has 1 N–H and O–H groups in total. The molecule has 1 aliphatic rings. The summed E-state index contributed by atoms with van der Waals surface area (Å²) in [6, 6.07) is 24.9. The summed E-state index contributed by atoms with van der Waals surface area (Å²) < 4.78 is 5.06. The van der Waals surface area contributed by atoms with Crippen LogP contribution in [0.15, 0.2) is 66.7 Å². The standard InChI is InChI=1S/C28H33NO2/c1-3-31-28(30)17-14-21-8-6-11-23(18-21)24-15-16-25(19-24)29-20(2)26-13-7-10-22-9-4-5-12-27(22)26/h4-13,18,20,24-25,29H,3,14-17,19H2,1-2H3/t20?,24?,25-/m1/s1. The number of benzene rings is 3. The Labute approximate surface area is 185 Å². The number of rotatable bonds is 8. The third kappa shape index (κ3) is 5.34. The predicted octanol–water partition coefficient (Wildman–Crippen LogP) is 6.32. The van der Waals surface area contributed by atoms with E-state index in [4.69, 9.17) is 4.74 Å². The van der Waals surface area contributed by atoms with Gasteiger partial charge < -0.3 is 10.1 Å². The fourth-order valence-corrected chi connectivity index (χ4v) is 4.99. The van der Waals surface area contributed by atoms with Crippen LogP contribution in [-0.2, 0) is 16.0 Å². The molecule has 0 bridgehead atoms. The predicted molar refractivity (Wildman–Crippen MR) is 127 cm³/mol. The van der Waals surface area contributed by atoms with Gasteiger partial charge in [0.05, 0.1) is 6.61 Å². The normalized spacial score (nSPS) is 19.4. The molecule has 0 amide bonds. The van der Waals surface area contributed by atoms with Crippen LogP contribution < -0.4 is 5.32 Å². The average molecular weight is 416 g/mol. The topological polar surface area (TPSA) is 38.3 Å². The molecule has 0 saturated heterocycles. The number of hydrogen-bond acceptors (Lipinski definition) is 3. The maximum Gasteiger partial charge on any atom is 0.306 e. The van der Waals surface area contributed by atoms with Crippen molar-refractivity contribution in [3.05, 3.63) is 83.4 Å². The molecule has 3 aromatic rings. The summed E-state index contributed by atoms with van der Waals surface area (Å²) in [7, 11) is 0. The van der Waals surface area contributed by atoms with E-state index in [1.165, 1.54) is 40.3 Å². The summed E-state index contributed by atoms with van der Waals surface area (Å²) in [5.41, 5.74) is 4.01. The van der Waals surface area contributed by atoms with Crippen molar-refractivity contribution >= 4 is 16.7 Å². The first-order valence-electron chi connectivity index (χ1n) is 11.6. The van der Waals surface area contributed by atoms with Crippen LogP contribution in [0.25, 0.3) is 10.8 Å². The highest BCUT2D eigenvalue weighted by atomic mass is 16.5. The van der Waals surface area contributed by atoms with Crippen molar-refractivity contribution in [1.82, 2.24) is 5.32 Å². The first-order valence-corrected chi connectivity index (χ1v) is 11.6. The fraction of sp³-hybridized carbons (Fsp3) is 0.393. The molecule has 3 aromatic carbocycles.